The molecule has 0 radical (unpaired) electrons. The third kappa shape index (κ3) is 4.96. The second-order valence-electron chi connectivity index (χ2n) is 9.05. The number of carbonyl (C=O) groups excluding carboxylic acids is 3. The van der Waals surface area contributed by atoms with E-state index in [2.05, 4.69) is 10.3 Å². The smallest absolute Gasteiger partial charge is 0.359 e. The fourth-order valence-electron chi connectivity index (χ4n) is 4.45. The summed E-state index contributed by atoms with van der Waals surface area (Å²) in [6, 6.07) is 17.9. The Morgan fingerprint density at radius 3 is 2.49 bits per heavy atom. The van der Waals surface area contributed by atoms with Gasteiger partial charge in [0.15, 0.2) is 5.69 Å². The van der Waals surface area contributed by atoms with Crippen LogP contribution in [-0.2, 0) is 29.0 Å². The van der Waals surface area contributed by atoms with Gasteiger partial charge in [-0.25, -0.2) is 9.78 Å². The van der Waals surface area contributed by atoms with Gasteiger partial charge in [-0.15, -0.1) is 0 Å². The first kappa shape index (κ1) is 24.2. The van der Waals surface area contributed by atoms with Crippen molar-refractivity contribution in [3.8, 4) is 0 Å². The lowest BCUT2D eigenvalue weighted by Gasteiger charge is -2.43. The molecule has 2 aromatic carbocycles. The minimum atomic E-state index is -1.15. The summed E-state index contributed by atoms with van der Waals surface area (Å²) in [4.78, 5) is 45.1. The minimum absolute atomic E-state index is 0.0346. The Morgan fingerprint density at radius 1 is 1.09 bits per heavy atom. The van der Waals surface area contributed by atoms with Gasteiger partial charge in [-0.05, 0) is 37.8 Å². The number of carbonyl (C=O) groups is 3. The SMILES string of the molecule is COC(=O)c1ncn2c1C(=O)N(CCCc1ccccc1)C(C)(C(=O)NCc1ccc(C)cc1)C2. The molecule has 0 fully saturated rings. The summed E-state index contributed by atoms with van der Waals surface area (Å²) in [5.41, 5.74) is 2.24. The molecule has 1 atom stereocenters. The largest absolute Gasteiger partial charge is 0.464 e. The van der Waals surface area contributed by atoms with Crippen LogP contribution in [0.25, 0.3) is 0 Å². The van der Waals surface area contributed by atoms with Gasteiger partial charge < -0.3 is 19.5 Å². The summed E-state index contributed by atoms with van der Waals surface area (Å²) >= 11 is 0. The molecule has 8 nitrogen and oxygen atoms in total. The fourth-order valence-corrected chi connectivity index (χ4v) is 4.45. The topological polar surface area (TPSA) is 93.5 Å². The van der Waals surface area contributed by atoms with Crippen molar-refractivity contribution in [3.63, 3.8) is 0 Å². The number of esters is 1. The summed E-state index contributed by atoms with van der Waals surface area (Å²) in [5.74, 6) is -1.34. The number of benzene rings is 2. The van der Waals surface area contributed by atoms with Gasteiger partial charge in [0.2, 0.25) is 5.91 Å². The standard InChI is InChI=1S/C27H30N4O4/c1-19-11-13-21(14-12-19)16-28-26(34)27(2)17-30-18-29-22(25(33)35-3)23(30)24(32)31(27)15-7-10-20-8-5-4-6-9-20/h4-6,8-9,11-14,18H,7,10,15-17H2,1-3H3,(H,28,34). The van der Waals surface area contributed by atoms with E-state index < -0.39 is 17.4 Å². The molecular weight excluding hydrogens is 444 g/mol. The van der Waals surface area contributed by atoms with Crippen molar-refractivity contribution in [1.82, 2.24) is 19.8 Å². The van der Waals surface area contributed by atoms with Gasteiger partial charge in [0.05, 0.1) is 20.0 Å². The number of nitrogens with one attached hydrogen (secondary N) is 1. The second kappa shape index (κ2) is 10.1. The van der Waals surface area contributed by atoms with Crippen molar-refractivity contribution < 1.29 is 19.1 Å². The van der Waals surface area contributed by atoms with Crippen LogP contribution in [0.3, 0.4) is 0 Å². The van der Waals surface area contributed by atoms with E-state index in [4.69, 9.17) is 4.74 Å². The van der Waals surface area contributed by atoms with E-state index in [1.54, 1.807) is 16.4 Å². The average molecular weight is 475 g/mol. The van der Waals surface area contributed by atoms with Crippen LogP contribution in [0, 0.1) is 6.92 Å². The maximum Gasteiger partial charge on any atom is 0.359 e. The number of aryl methyl sites for hydroxylation is 2. The van der Waals surface area contributed by atoms with Crippen LogP contribution in [0.4, 0.5) is 0 Å². The maximum absolute atomic E-state index is 13.7. The molecule has 1 unspecified atom stereocenters. The normalized spacial score (nSPS) is 17.1. The first-order valence-corrected chi connectivity index (χ1v) is 11.7. The van der Waals surface area contributed by atoms with E-state index in [1.165, 1.54) is 13.4 Å². The number of aromatic nitrogens is 2. The molecule has 8 heteroatoms. The highest BCUT2D eigenvalue weighted by Gasteiger charge is 2.48. The Kier molecular flexibility index (Phi) is 7.00. The molecule has 1 aliphatic rings. The van der Waals surface area contributed by atoms with Crippen LogP contribution in [0.1, 0.15) is 51.0 Å². The predicted molar refractivity (Wildman–Crippen MR) is 131 cm³/mol. The summed E-state index contributed by atoms with van der Waals surface area (Å²) in [6.07, 6.45) is 2.85. The minimum Gasteiger partial charge on any atom is -0.464 e. The van der Waals surface area contributed by atoms with Crippen LogP contribution < -0.4 is 5.32 Å². The second-order valence-corrected chi connectivity index (χ2v) is 9.05. The molecule has 0 saturated carbocycles. The monoisotopic (exact) mass is 474 g/mol. The average Bonchev–Trinajstić information content (AvgIpc) is 3.29. The Morgan fingerprint density at radius 2 is 1.80 bits per heavy atom. The third-order valence-corrected chi connectivity index (χ3v) is 6.49. The number of hydrogen-bond acceptors (Lipinski definition) is 5. The van der Waals surface area contributed by atoms with Gasteiger partial charge in [0, 0.05) is 13.1 Å². The molecule has 0 bridgehead atoms. The number of ether oxygens (including phenoxy) is 1. The predicted octanol–water partition coefficient (Wildman–Crippen LogP) is 3.14. The lowest BCUT2D eigenvalue weighted by molar-refractivity contribution is -0.133. The van der Waals surface area contributed by atoms with E-state index >= 15 is 0 Å². The van der Waals surface area contributed by atoms with Crippen LogP contribution in [0.2, 0.25) is 0 Å². The van der Waals surface area contributed by atoms with Crippen LogP contribution in [-0.4, -0.2) is 51.4 Å². The lowest BCUT2D eigenvalue weighted by Crippen LogP contribution is -2.64. The molecule has 0 spiro atoms. The highest BCUT2D eigenvalue weighted by Crippen LogP contribution is 2.29. The van der Waals surface area contributed by atoms with Crippen molar-refractivity contribution in [2.75, 3.05) is 13.7 Å². The van der Waals surface area contributed by atoms with Gasteiger partial charge in [-0.2, -0.15) is 0 Å². The molecule has 4 rings (SSSR count). The highest BCUT2D eigenvalue weighted by atomic mass is 16.5. The van der Waals surface area contributed by atoms with Crippen molar-refractivity contribution >= 4 is 17.8 Å². The van der Waals surface area contributed by atoms with E-state index in [-0.39, 0.29) is 23.8 Å². The van der Waals surface area contributed by atoms with Crippen LogP contribution in [0.5, 0.6) is 0 Å². The summed E-state index contributed by atoms with van der Waals surface area (Å²) in [6.45, 7) is 4.66. The highest BCUT2D eigenvalue weighted by molar-refractivity contribution is 6.06. The Labute approximate surface area is 204 Å². The first-order valence-electron chi connectivity index (χ1n) is 11.7. The van der Waals surface area contributed by atoms with Gasteiger partial charge in [0.25, 0.3) is 5.91 Å². The van der Waals surface area contributed by atoms with Gasteiger partial charge in [-0.1, -0.05) is 60.2 Å². The Balaban J connectivity index is 1.59. The van der Waals surface area contributed by atoms with Gasteiger partial charge in [0.1, 0.15) is 11.2 Å². The number of methoxy groups -OCH3 is 1. The molecule has 3 aromatic rings. The van der Waals surface area contributed by atoms with Crippen LogP contribution in [0.15, 0.2) is 60.9 Å². The summed E-state index contributed by atoms with van der Waals surface area (Å²) < 4.78 is 6.39. The Hall–Kier alpha value is -3.94. The maximum atomic E-state index is 13.7. The van der Waals surface area contributed by atoms with Gasteiger partial charge in [-0.3, -0.25) is 9.59 Å². The quantitative estimate of drug-likeness (QED) is 0.507. The Bertz CT molecular complexity index is 1220. The number of imidazole rings is 1. The molecule has 0 saturated heterocycles. The first-order chi connectivity index (χ1) is 16.8. The number of hydrogen-bond donors (Lipinski definition) is 1. The lowest BCUT2D eigenvalue weighted by atomic mass is 9.93. The number of rotatable bonds is 8. The molecular formula is C27H30N4O4. The molecule has 182 valence electrons. The number of amides is 2. The van der Waals surface area contributed by atoms with E-state index in [0.29, 0.717) is 19.5 Å². The fraction of sp³-hybridized carbons (Fsp3) is 0.333. The molecule has 2 heterocycles. The van der Waals surface area contributed by atoms with Crippen LogP contribution >= 0.6 is 0 Å². The number of nitrogens with zero attached hydrogens (tertiary/aromatic N) is 3. The number of fused-ring (bicyclic) bond motifs is 1. The van der Waals surface area contributed by atoms with E-state index in [9.17, 15) is 14.4 Å². The van der Waals surface area contributed by atoms with Crippen molar-refractivity contribution in [2.45, 2.75) is 45.3 Å². The zero-order valence-corrected chi connectivity index (χ0v) is 20.3. The molecule has 35 heavy (non-hydrogen) atoms. The van der Waals surface area contributed by atoms with Gasteiger partial charge >= 0.3 is 5.97 Å². The van der Waals surface area contributed by atoms with Crippen molar-refractivity contribution in [1.29, 1.82) is 0 Å². The van der Waals surface area contributed by atoms with E-state index in [1.807, 2.05) is 61.5 Å². The summed E-state index contributed by atoms with van der Waals surface area (Å²) in [5, 5.41) is 3.00. The third-order valence-electron chi connectivity index (χ3n) is 6.49. The molecule has 1 aromatic heterocycles. The van der Waals surface area contributed by atoms with E-state index in [0.717, 1.165) is 23.1 Å². The summed E-state index contributed by atoms with van der Waals surface area (Å²) in [7, 11) is 1.25. The molecule has 0 aliphatic carbocycles. The molecule has 1 N–H and O–H groups in total. The molecule has 2 amide bonds. The van der Waals surface area contributed by atoms with Crippen molar-refractivity contribution in [2.24, 2.45) is 0 Å². The zero-order valence-electron chi connectivity index (χ0n) is 20.3. The van der Waals surface area contributed by atoms with Crippen molar-refractivity contribution in [3.05, 3.63) is 89.0 Å². The molecule has 1 aliphatic heterocycles. The zero-order chi connectivity index (χ0) is 25.0.